The maximum atomic E-state index is 9.64. The van der Waals surface area contributed by atoms with Crippen molar-refractivity contribution in [1.82, 2.24) is 4.90 Å². The van der Waals surface area contributed by atoms with E-state index in [1.165, 1.54) is 0 Å². The molecule has 0 aliphatic rings. The third-order valence-electron chi connectivity index (χ3n) is 2.53. The Balaban J connectivity index is 4.10. The zero-order chi connectivity index (χ0) is 9.72. The Kier molecular flexibility index (Phi) is 5.51. The molecule has 0 fully saturated rings. The summed E-state index contributed by atoms with van der Waals surface area (Å²) in [4.78, 5) is 2.31. The first-order valence-electron chi connectivity index (χ1n) is 4.98. The van der Waals surface area contributed by atoms with Gasteiger partial charge in [-0.05, 0) is 33.7 Å². The summed E-state index contributed by atoms with van der Waals surface area (Å²) in [5.41, 5.74) is 0. The molecule has 2 unspecified atom stereocenters. The molecule has 12 heavy (non-hydrogen) atoms. The molecule has 2 nitrogen and oxygen atoms in total. The van der Waals surface area contributed by atoms with Gasteiger partial charge in [-0.1, -0.05) is 13.8 Å². The van der Waals surface area contributed by atoms with Gasteiger partial charge in [-0.25, -0.2) is 0 Å². The minimum Gasteiger partial charge on any atom is -0.392 e. The van der Waals surface area contributed by atoms with Crippen LogP contribution in [-0.4, -0.2) is 34.7 Å². The van der Waals surface area contributed by atoms with E-state index in [4.69, 9.17) is 0 Å². The van der Waals surface area contributed by atoms with Crippen LogP contribution in [0.2, 0.25) is 0 Å². The van der Waals surface area contributed by atoms with Crippen molar-refractivity contribution in [3.63, 3.8) is 0 Å². The normalized spacial score (nSPS) is 17.0. The Hall–Kier alpha value is -0.0800. The van der Waals surface area contributed by atoms with Crippen LogP contribution in [0.3, 0.4) is 0 Å². The summed E-state index contributed by atoms with van der Waals surface area (Å²) in [6.07, 6.45) is 0.650. The molecule has 0 aromatic rings. The van der Waals surface area contributed by atoms with E-state index in [1.807, 2.05) is 6.92 Å². The highest BCUT2D eigenvalue weighted by Gasteiger charge is 2.20. The van der Waals surface area contributed by atoms with E-state index in [-0.39, 0.29) is 12.1 Å². The highest BCUT2D eigenvalue weighted by atomic mass is 16.3. The Labute approximate surface area is 76.6 Å². The van der Waals surface area contributed by atoms with Crippen molar-refractivity contribution >= 4 is 0 Å². The molecule has 0 aromatic heterocycles. The molecule has 2 atom stereocenters. The van der Waals surface area contributed by atoms with Crippen molar-refractivity contribution in [2.45, 2.75) is 59.2 Å². The van der Waals surface area contributed by atoms with Crippen molar-refractivity contribution in [2.24, 2.45) is 0 Å². The summed E-state index contributed by atoms with van der Waals surface area (Å²) >= 11 is 0. The predicted octanol–water partition coefficient (Wildman–Crippen LogP) is 1.88. The van der Waals surface area contributed by atoms with Crippen LogP contribution in [-0.2, 0) is 0 Å². The molecule has 0 spiro atoms. The lowest BCUT2D eigenvalue weighted by molar-refractivity contribution is 0.0422. The van der Waals surface area contributed by atoms with E-state index in [2.05, 4.69) is 32.6 Å². The van der Waals surface area contributed by atoms with Crippen LogP contribution < -0.4 is 0 Å². The van der Waals surface area contributed by atoms with Crippen molar-refractivity contribution < 1.29 is 5.11 Å². The molecule has 0 radical (unpaired) electrons. The molecule has 74 valence electrons. The number of hydrogen-bond acceptors (Lipinski definition) is 2. The molecule has 0 heterocycles. The monoisotopic (exact) mass is 173 g/mol. The molecule has 0 aliphatic heterocycles. The van der Waals surface area contributed by atoms with Gasteiger partial charge in [0, 0.05) is 12.1 Å². The fourth-order valence-electron chi connectivity index (χ4n) is 1.69. The van der Waals surface area contributed by atoms with Gasteiger partial charge in [0.15, 0.2) is 0 Å². The lowest BCUT2D eigenvalue weighted by Crippen LogP contribution is -2.45. The number of nitrogens with zero attached hydrogens (tertiary/aromatic N) is 1. The molecule has 0 aromatic carbocycles. The van der Waals surface area contributed by atoms with Crippen LogP contribution in [0.15, 0.2) is 0 Å². The van der Waals surface area contributed by atoms with Gasteiger partial charge in [-0.3, -0.25) is 4.90 Å². The first-order chi connectivity index (χ1) is 5.54. The van der Waals surface area contributed by atoms with Crippen LogP contribution in [0, 0.1) is 0 Å². The zero-order valence-corrected chi connectivity index (χ0v) is 9.04. The summed E-state index contributed by atoms with van der Waals surface area (Å²) in [6.45, 7) is 11.6. The first kappa shape index (κ1) is 11.9. The fourth-order valence-corrected chi connectivity index (χ4v) is 1.69. The summed E-state index contributed by atoms with van der Waals surface area (Å²) in [6, 6.07) is 0.797. The lowest BCUT2D eigenvalue weighted by atomic mass is 10.1. The summed E-state index contributed by atoms with van der Waals surface area (Å²) in [5.74, 6) is 0. The zero-order valence-electron chi connectivity index (χ0n) is 9.04. The van der Waals surface area contributed by atoms with Crippen LogP contribution in [0.25, 0.3) is 0 Å². The lowest BCUT2D eigenvalue weighted by Gasteiger charge is -2.34. The average Bonchev–Trinajstić information content (AvgIpc) is 2.03. The van der Waals surface area contributed by atoms with E-state index in [0.29, 0.717) is 6.04 Å². The minimum atomic E-state index is -0.188. The van der Waals surface area contributed by atoms with Crippen molar-refractivity contribution in [3.05, 3.63) is 0 Å². The van der Waals surface area contributed by atoms with Crippen LogP contribution >= 0.6 is 0 Å². The Morgan fingerprint density at radius 1 is 1.17 bits per heavy atom. The maximum absolute atomic E-state index is 9.64. The highest BCUT2D eigenvalue weighted by molar-refractivity contribution is 4.75. The third kappa shape index (κ3) is 3.11. The average molecular weight is 173 g/mol. The molecular formula is C10H23NO. The largest absolute Gasteiger partial charge is 0.392 e. The van der Waals surface area contributed by atoms with Crippen LogP contribution in [0.1, 0.15) is 41.0 Å². The number of aliphatic hydroxyl groups excluding tert-OH is 1. The van der Waals surface area contributed by atoms with Gasteiger partial charge in [-0.2, -0.15) is 0 Å². The molecule has 0 rings (SSSR count). The van der Waals surface area contributed by atoms with Gasteiger partial charge in [-0.15, -0.1) is 0 Å². The van der Waals surface area contributed by atoms with Crippen molar-refractivity contribution in [2.75, 3.05) is 6.54 Å². The van der Waals surface area contributed by atoms with Crippen LogP contribution in [0.5, 0.6) is 0 Å². The van der Waals surface area contributed by atoms with E-state index < -0.39 is 0 Å². The first-order valence-corrected chi connectivity index (χ1v) is 4.98. The quantitative estimate of drug-likeness (QED) is 0.686. The summed E-state index contributed by atoms with van der Waals surface area (Å²) in [5, 5.41) is 9.64. The highest BCUT2D eigenvalue weighted by Crippen LogP contribution is 2.10. The molecule has 0 saturated carbocycles. The van der Waals surface area contributed by atoms with E-state index in [0.717, 1.165) is 13.0 Å². The van der Waals surface area contributed by atoms with Gasteiger partial charge in [0.1, 0.15) is 0 Å². The Morgan fingerprint density at radius 2 is 1.67 bits per heavy atom. The molecule has 0 bridgehead atoms. The second kappa shape index (κ2) is 5.55. The van der Waals surface area contributed by atoms with Gasteiger partial charge in [0.05, 0.1) is 6.10 Å². The Bertz CT molecular complexity index is 114. The third-order valence-corrected chi connectivity index (χ3v) is 2.53. The maximum Gasteiger partial charge on any atom is 0.0690 e. The minimum absolute atomic E-state index is 0.188. The molecule has 0 aliphatic carbocycles. The van der Waals surface area contributed by atoms with Gasteiger partial charge < -0.3 is 5.11 Å². The molecule has 2 heteroatoms. The smallest absolute Gasteiger partial charge is 0.0690 e. The summed E-state index contributed by atoms with van der Waals surface area (Å²) < 4.78 is 0. The molecule has 0 saturated heterocycles. The predicted molar refractivity (Wildman–Crippen MR) is 53.3 cm³/mol. The fraction of sp³-hybridized carbons (Fsp3) is 1.00. The number of rotatable bonds is 5. The molecular weight excluding hydrogens is 150 g/mol. The SMILES string of the molecule is CCC(O)C(C)N(CC)C(C)C. The van der Waals surface area contributed by atoms with Crippen LogP contribution in [0.4, 0.5) is 0 Å². The van der Waals surface area contributed by atoms with E-state index >= 15 is 0 Å². The molecule has 0 amide bonds. The number of hydrogen-bond donors (Lipinski definition) is 1. The molecule has 1 N–H and O–H groups in total. The Morgan fingerprint density at radius 3 is 1.92 bits per heavy atom. The van der Waals surface area contributed by atoms with Crippen molar-refractivity contribution in [3.8, 4) is 0 Å². The van der Waals surface area contributed by atoms with E-state index in [9.17, 15) is 5.11 Å². The van der Waals surface area contributed by atoms with Gasteiger partial charge in [0.25, 0.3) is 0 Å². The summed E-state index contributed by atoms with van der Waals surface area (Å²) in [7, 11) is 0. The second-order valence-corrected chi connectivity index (χ2v) is 3.64. The van der Waals surface area contributed by atoms with E-state index in [1.54, 1.807) is 0 Å². The standard InChI is InChI=1S/C10H23NO/c1-6-10(12)9(5)11(7-2)8(3)4/h8-10,12H,6-7H2,1-5H3. The van der Waals surface area contributed by atoms with Gasteiger partial charge in [0.2, 0.25) is 0 Å². The number of likely N-dealkylation sites (N-methyl/N-ethyl adjacent to an activating group) is 1. The topological polar surface area (TPSA) is 23.5 Å². The number of aliphatic hydroxyl groups is 1. The van der Waals surface area contributed by atoms with Gasteiger partial charge >= 0.3 is 0 Å². The second-order valence-electron chi connectivity index (χ2n) is 3.64. The van der Waals surface area contributed by atoms with Crippen molar-refractivity contribution in [1.29, 1.82) is 0 Å².